The molecule has 0 radical (unpaired) electrons. The highest BCUT2D eigenvalue weighted by Crippen LogP contribution is 2.43. The van der Waals surface area contributed by atoms with Crippen molar-refractivity contribution in [2.24, 2.45) is 5.92 Å². The molecule has 0 spiro atoms. The number of carbonyl (C=O) groups is 1. The molecule has 1 aliphatic heterocycles. The molecule has 4 rings (SSSR count). The molecule has 3 atom stereocenters. The lowest BCUT2D eigenvalue weighted by atomic mass is 9.79. The van der Waals surface area contributed by atoms with Gasteiger partial charge in [0, 0.05) is 18.0 Å². The molecule has 1 fully saturated rings. The van der Waals surface area contributed by atoms with Crippen molar-refractivity contribution in [1.82, 2.24) is 5.32 Å². The second-order valence-electron chi connectivity index (χ2n) is 7.26. The van der Waals surface area contributed by atoms with Gasteiger partial charge in [0.1, 0.15) is 17.6 Å². The predicted octanol–water partition coefficient (Wildman–Crippen LogP) is 3.73. The summed E-state index contributed by atoms with van der Waals surface area (Å²) in [6, 6.07) is 6.24. The monoisotopic (exact) mass is 339 g/mol. The minimum Gasteiger partial charge on any atom is -0.485 e. The van der Waals surface area contributed by atoms with E-state index in [9.17, 15) is 4.79 Å². The van der Waals surface area contributed by atoms with Gasteiger partial charge < -0.3 is 14.8 Å². The zero-order valence-electron chi connectivity index (χ0n) is 14.6. The minimum absolute atomic E-state index is 0.0423. The van der Waals surface area contributed by atoms with E-state index in [1.807, 2.05) is 18.2 Å². The number of fused-ring (bicyclic) bond motifs is 2. The molecular weight excluding hydrogens is 314 g/mol. The maximum absolute atomic E-state index is 12.0. The van der Waals surface area contributed by atoms with E-state index in [0.717, 1.165) is 18.6 Å². The maximum Gasteiger partial charge on any atom is 0.258 e. The molecule has 1 amide bonds. The van der Waals surface area contributed by atoms with Crippen LogP contribution in [-0.2, 0) is 4.79 Å². The molecule has 1 aromatic carbocycles. The smallest absolute Gasteiger partial charge is 0.258 e. The van der Waals surface area contributed by atoms with Gasteiger partial charge in [-0.2, -0.15) is 0 Å². The van der Waals surface area contributed by atoms with Gasteiger partial charge in [-0.25, -0.2) is 0 Å². The normalized spacial score (nSPS) is 27.3. The fraction of sp³-hybridized carbons (Fsp3) is 0.476. The summed E-state index contributed by atoms with van der Waals surface area (Å²) < 4.78 is 11.8. The molecule has 25 heavy (non-hydrogen) atoms. The highest BCUT2D eigenvalue weighted by molar-refractivity contribution is 5.77. The number of amides is 1. The van der Waals surface area contributed by atoms with Gasteiger partial charge in [0.05, 0.1) is 0 Å². The molecule has 4 nitrogen and oxygen atoms in total. The third-order valence-electron chi connectivity index (χ3n) is 5.53. The van der Waals surface area contributed by atoms with Crippen LogP contribution >= 0.6 is 0 Å². The Balaban J connectivity index is 1.40. The van der Waals surface area contributed by atoms with E-state index in [1.165, 1.54) is 18.4 Å². The summed E-state index contributed by atoms with van der Waals surface area (Å²) in [6.07, 6.45) is 13.1. The van der Waals surface area contributed by atoms with Crippen LogP contribution in [0.4, 0.5) is 0 Å². The lowest BCUT2D eigenvalue weighted by Crippen LogP contribution is -2.36. The van der Waals surface area contributed by atoms with Crippen LogP contribution in [0.15, 0.2) is 42.5 Å². The molecule has 4 heteroatoms. The summed E-state index contributed by atoms with van der Waals surface area (Å²) in [6.45, 7) is 2.29. The fourth-order valence-corrected chi connectivity index (χ4v) is 4.10. The van der Waals surface area contributed by atoms with Crippen LogP contribution in [0.2, 0.25) is 0 Å². The lowest BCUT2D eigenvalue weighted by molar-refractivity contribution is -0.123. The molecule has 1 N–H and O–H groups in total. The molecule has 1 heterocycles. The van der Waals surface area contributed by atoms with Gasteiger partial charge in [-0.05, 0) is 36.5 Å². The largest absolute Gasteiger partial charge is 0.485 e. The van der Waals surface area contributed by atoms with Crippen LogP contribution < -0.4 is 14.8 Å². The van der Waals surface area contributed by atoms with Gasteiger partial charge in [0.25, 0.3) is 5.91 Å². The third kappa shape index (κ3) is 3.44. The van der Waals surface area contributed by atoms with Gasteiger partial charge in [-0.15, -0.1) is 0 Å². The molecule has 3 aliphatic rings. The van der Waals surface area contributed by atoms with Crippen molar-refractivity contribution in [3.63, 3.8) is 0 Å². The van der Waals surface area contributed by atoms with E-state index in [-0.39, 0.29) is 18.6 Å². The molecule has 1 aromatic rings. The van der Waals surface area contributed by atoms with Gasteiger partial charge >= 0.3 is 0 Å². The van der Waals surface area contributed by atoms with Crippen LogP contribution in [0.5, 0.6) is 11.5 Å². The van der Waals surface area contributed by atoms with E-state index in [0.29, 0.717) is 23.6 Å². The molecule has 3 unspecified atom stereocenters. The Morgan fingerprint density at radius 3 is 2.88 bits per heavy atom. The van der Waals surface area contributed by atoms with E-state index in [4.69, 9.17) is 9.47 Å². The summed E-state index contributed by atoms with van der Waals surface area (Å²) >= 11 is 0. The Labute approximate surface area is 148 Å². The molecule has 132 valence electrons. The first-order valence-electron chi connectivity index (χ1n) is 9.28. The van der Waals surface area contributed by atoms with Crippen molar-refractivity contribution >= 4 is 5.91 Å². The summed E-state index contributed by atoms with van der Waals surface area (Å²) in [5.74, 6) is 2.28. The molecule has 0 aromatic heterocycles. The van der Waals surface area contributed by atoms with Gasteiger partial charge in [0.2, 0.25) is 0 Å². The number of ether oxygens (including phenoxy) is 2. The average molecular weight is 339 g/mol. The topological polar surface area (TPSA) is 47.6 Å². The number of rotatable bonds is 4. The highest BCUT2D eigenvalue weighted by Gasteiger charge is 2.33. The van der Waals surface area contributed by atoms with E-state index in [2.05, 4.69) is 36.5 Å². The zero-order valence-corrected chi connectivity index (χ0v) is 14.6. The van der Waals surface area contributed by atoms with Gasteiger partial charge in [-0.3, -0.25) is 4.79 Å². The van der Waals surface area contributed by atoms with Crippen molar-refractivity contribution < 1.29 is 14.3 Å². The first-order valence-corrected chi connectivity index (χ1v) is 9.28. The SMILES string of the molecule is CC1c2ccc(OCC(=O)NC3CCCC3)cc2OC2C=CC=CC21. The van der Waals surface area contributed by atoms with Crippen LogP contribution in [0, 0.1) is 5.92 Å². The Kier molecular flexibility index (Phi) is 4.51. The number of hydrogen-bond donors (Lipinski definition) is 1. The number of hydrogen-bond acceptors (Lipinski definition) is 3. The third-order valence-corrected chi connectivity index (χ3v) is 5.53. The Bertz CT molecular complexity index is 703. The van der Waals surface area contributed by atoms with Gasteiger partial charge in [-0.1, -0.05) is 44.1 Å². The average Bonchev–Trinajstić information content (AvgIpc) is 3.13. The highest BCUT2D eigenvalue weighted by atomic mass is 16.5. The quantitative estimate of drug-likeness (QED) is 0.909. The van der Waals surface area contributed by atoms with Crippen molar-refractivity contribution in [2.75, 3.05) is 6.61 Å². The standard InChI is InChI=1S/C21H25NO3/c1-14-17-8-4-5-9-19(17)25-20-12-16(10-11-18(14)20)24-13-21(23)22-15-6-2-3-7-15/h4-5,8-12,14-15,17,19H,2-3,6-7,13H2,1H3,(H,22,23). The Morgan fingerprint density at radius 2 is 2.04 bits per heavy atom. The maximum atomic E-state index is 12.0. The first-order chi connectivity index (χ1) is 12.2. The lowest BCUT2D eigenvalue weighted by Gasteiger charge is -2.36. The molecule has 2 aliphatic carbocycles. The van der Waals surface area contributed by atoms with E-state index >= 15 is 0 Å². The predicted molar refractivity (Wildman–Crippen MR) is 96.9 cm³/mol. The summed E-state index contributed by atoms with van der Waals surface area (Å²) in [5.41, 5.74) is 1.20. The molecule has 0 saturated heterocycles. The number of carbonyl (C=O) groups excluding carboxylic acids is 1. The zero-order chi connectivity index (χ0) is 17.2. The molecule has 1 saturated carbocycles. The van der Waals surface area contributed by atoms with Crippen molar-refractivity contribution in [1.29, 1.82) is 0 Å². The first kappa shape index (κ1) is 16.2. The fourth-order valence-electron chi connectivity index (χ4n) is 4.10. The van der Waals surface area contributed by atoms with Crippen molar-refractivity contribution in [3.05, 3.63) is 48.1 Å². The number of benzene rings is 1. The minimum atomic E-state index is -0.0423. The second kappa shape index (κ2) is 6.95. The van der Waals surface area contributed by atoms with Crippen LogP contribution in [0.25, 0.3) is 0 Å². The summed E-state index contributed by atoms with van der Waals surface area (Å²) in [4.78, 5) is 12.0. The van der Waals surface area contributed by atoms with Crippen molar-refractivity contribution in [3.8, 4) is 11.5 Å². The summed E-state index contributed by atoms with van der Waals surface area (Å²) in [5, 5.41) is 3.04. The van der Waals surface area contributed by atoms with E-state index in [1.54, 1.807) is 0 Å². The molecule has 0 bridgehead atoms. The number of nitrogens with one attached hydrogen (secondary N) is 1. The molecular formula is C21H25NO3. The Morgan fingerprint density at radius 1 is 1.24 bits per heavy atom. The van der Waals surface area contributed by atoms with E-state index < -0.39 is 0 Å². The second-order valence-corrected chi connectivity index (χ2v) is 7.26. The van der Waals surface area contributed by atoms with Crippen LogP contribution in [0.1, 0.15) is 44.1 Å². The van der Waals surface area contributed by atoms with Crippen molar-refractivity contribution in [2.45, 2.75) is 50.7 Å². The van der Waals surface area contributed by atoms with Crippen LogP contribution in [0.3, 0.4) is 0 Å². The summed E-state index contributed by atoms with van der Waals surface area (Å²) in [7, 11) is 0. The Hall–Kier alpha value is -2.23. The number of allylic oxidation sites excluding steroid dienone is 2. The van der Waals surface area contributed by atoms with Crippen LogP contribution in [-0.4, -0.2) is 24.7 Å². The van der Waals surface area contributed by atoms with Gasteiger partial charge in [0.15, 0.2) is 6.61 Å².